The maximum Gasteiger partial charge on any atom is 0.225 e. The van der Waals surface area contributed by atoms with Crippen LogP contribution in [0.25, 0.3) is 0 Å². The smallest absolute Gasteiger partial charge is 0.225 e. The second kappa shape index (κ2) is 10.3. The van der Waals surface area contributed by atoms with Crippen molar-refractivity contribution in [2.75, 3.05) is 39.8 Å². The number of amides is 2. The van der Waals surface area contributed by atoms with Crippen LogP contribution in [0.3, 0.4) is 0 Å². The molecule has 170 valence electrons. The number of piperazine rings is 1. The third-order valence-electron chi connectivity index (χ3n) is 6.54. The van der Waals surface area contributed by atoms with Crippen LogP contribution in [-0.2, 0) is 29.2 Å². The van der Waals surface area contributed by atoms with Crippen molar-refractivity contribution in [2.24, 2.45) is 5.92 Å². The summed E-state index contributed by atoms with van der Waals surface area (Å²) in [7, 11) is 2.17. The van der Waals surface area contributed by atoms with Crippen LogP contribution in [0.2, 0.25) is 0 Å². The molecule has 0 bridgehead atoms. The molecule has 2 aromatic rings. The molecular formula is C26H34N4O2. The van der Waals surface area contributed by atoms with Crippen LogP contribution in [0.5, 0.6) is 0 Å². The fourth-order valence-corrected chi connectivity index (χ4v) is 4.45. The van der Waals surface area contributed by atoms with Crippen molar-refractivity contribution >= 4 is 11.8 Å². The van der Waals surface area contributed by atoms with Crippen molar-refractivity contribution in [1.82, 2.24) is 20.0 Å². The number of nitrogens with one attached hydrogen (secondary N) is 1. The molecule has 2 aromatic carbocycles. The first-order chi connectivity index (χ1) is 15.5. The van der Waals surface area contributed by atoms with E-state index in [0.717, 1.165) is 43.9 Å². The number of benzene rings is 2. The van der Waals surface area contributed by atoms with E-state index in [4.69, 9.17) is 0 Å². The average Bonchev–Trinajstić information content (AvgIpc) is 3.16. The van der Waals surface area contributed by atoms with E-state index in [0.29, 0.717) is 26.1 Å². The van der Waals surface area contributed by atoms with Crippen LogP contribution in [0, 0.1) is 12.8 Å². The minimum absolute atomic E-state index is 0.0331. The Bertz CT molecular complexity index is 935. The first-order valence-corrected chi connectivity index (χ1v) is 11.6. The molecule has 4 rings (SSSR count). The van der Waals surface area contributed by atoms with E-state index in [1.54, 1.807) is 4.90 Å². The lowest BCUT2D eigenvalue weighted by molar-refractivity contribution is -0.129. The second-order valence-electron chi connectivity index (χ2n) is 9.28. The Balaban J connectivity index is 1.26. The zero-order chi connectivity index (χ0) is 22.5. The molecular weight excluding hydrogens is 400 g/mol. The maximum atomic E-state index is 12.7. The summed E-state index contributed by atoms with van der Waals surface area (Å²) in [4.78, 5) is 31.8. The van der Waals surface area contributed by atoms with Crippen molar-refractivity contribution in [2.45, 2.75) is 33.0 Å². The third kappa shape index (κ3) is 5.96. The highest BCUT2D eigenvalue weighted by Crippen LogP contribution is 2.21. The summed E-state index contributed by atoms with van der Waals surface area (Å²) in [6.07, 6.45) is 0.293. The molecule has 2 aliphatic heterocycles. The number of likely N-dealkylation sites (tertiary alicyclic amines) is 1. The third-order valence-corrected chi connectivity index (χ3v) is 6.54. The van der Waals surface area contributed by atoms with E-state index < -0.39 is 0 Å². The minimum Gasteiger partial charge on any atom is -0.352 e. The van der Waals surface area contributed by atoms with E-state index in [9.17, 15) is 9.59 Å². The zero-order valence-electron chi connectivity index (χ0n) is 19.2. The number of nitrogens with zero attached hydrogens (tertiary/aromatic N) is 3. The van der Waals surface area contributed by atoms with Crippen LogP contribution in [-0.4, -0.2) is 66.3 Å². The molecule has 2 fully saturated rings. The Morgan fingerprint density at radius 3 is 2.44 bits per heavy atom. The molecule has 0 radical (unpaired) electrons. The largest absolute Gasteiger partial charge is 0.352 e. The Morgan fingerprint density at radius 2 is 1.69 bits per heavy atom. The first-order valence-electron chi connectivity index (χ1n) is 11.6. The monoisotopic (exact) mass is 434 g/mol. The Hall–Kier alpha value is -2.70. The predicted molar refractivity (Wildman–Crippen MR) is 126 cm³/mol. The van der Waals surface area contributed by atoms with Gasteiger partial charge in [0.2, 0.25) is 11.8 Å². The number of hydrogen-bond donors (Lipinski definition) is 1. The quantitative estimate of drug-likeness (QED) is 0.727. The van der Waals surface area contributed by atoms with Crippen LogP contribution in [0.15, 0.2) is 48.5 Å². The summed E-state index contributed by atoms with van der Waals surface area (Å²) in [5.74, 6) is -0.254. The highest BCUT2D eigenvalue weighted by Gasteiger charge is 2.34. The molecule has 1 unspecified atom stereocenters. The lowest BCUT2D eigenvalue weighted by Crippen LogP contribution is -2.43. The molecule has 1 N–H and O–H groups in total. The SMILES string of the molecule is Cc1ccc(CN2CC(C(=O)NCc3cccc(CN4CCN(C)CC4)c3)CC2=O)cc1. The van der Waals surface area contributed by atoms with Gasteiger partial charge in [0.05, 0.1) is 5.92 Å². The molecule has 2 amide bonds. The van der Waals surface area contributed by atoms with Gasteiger partial charge < -0.3 is 15.1 Å². The Labute approximate surface area is 191 Å². The van der Waals surface area contributed by atoms with Crippen LogP contribution in [0.1, 0.15) is 28.7 Å². The van der Waals surface area contributed by atoms with Gasteiger partial charge in [0.1, 0.15) is 0 Å². The van der Waals surface area contributed by atoms with E-state index in [2.05, 4.69) is 58.6 Å². The minimum atomic E-state index is -0.276. The average molecular weight is 435 g/mol. The van der Waals surface area contributed by atoms with Gasteiger partial charge in [0.15, 0.2) is 0 Å². The van der Waals surface area contributed by atoms with E-state index in [1.807, 2.05) is 19.1 Å². The number of rotatable bonds is 7. The highest BCUT2D eigenvalue weighted by atomic mass is 16.2. The molecule has 0 spiro atoms. The van der Waals surface area contributed by atoms with Crippen LogP contribution in [0.4, 0.5) is 0 Å². The van der Waals surface area contributed by atoms with Crippen LogP contribution < -0.4 is 5.32 Å². The van der Waals surface area contributed by atoms with Crippen molar-refractivity contribution in [3.05, 3.63) is 70.8 Å². The first kappa shape index (κ1) is 22.5. The van der Waals surface area contributed by atoms with E-state index in [-0.39, 0.29) is 17.7 Å². The maximum absolute atomic E-state index is 12.7. The van der Waals surface area contributed by atoms with Gasteiger partial charge in [0, 0.05) is 58.8 Å². The summed E-state index contributed by atoms with van der Waals surface area (Å²) in [6.45, 7) is 8.94. The number of hydrogen-bond acceptors (Lipinski definition) is 4. The number of aryl methyl sites for hydroxylation is 1. The van der Waals surface area contributed by atoms with Gasteiger partial charge in [-0.3, -0.25) is 14.5 Å². The summed E-state index contributed by atoms with van der Waals surface area (Å²) >= 11 is 0. The molecule has 0 aromatic heterocycles. The van der Waals surface area contributed by atoms with Gasteiger partial charge in [-0.1, -0.05) is 54.1 Å². The summed E-state index contributed by atoms with van der Waals surface area (Å²) in [5.41, 5.74) is 4.68. The van der Waals surface area contributed by atoms with Crippen LogP contribution >= 0.6 is 0 Å². The summed E-state index contributed by atoms with van der Waals surface area (Å²) in [5, 5.41) is 3.05. The lowest BCUT2D eigenvalue weighted by Gasteiger charge is -2.32. The predicted octanol–water partition coefficient (Wildman–Crippen LogP) is 2.41. The number of carbonyl (C=O) groups excluding carboxylic acids is 2. The topological polar surface area (TPSA) is 55.9 Å². The Morgan fingerprint density at radius 1 is 0.969 bits per heavy atom. The molecule has 2 heterocycles. The fraction of sp³-hybridized carbons (Fsp3) is 0.462. The zero-order valence-corrected chi connectivity index (χ0v) is 19.2. The van der Waals surface area contributed by atoms with E-state index in [1.165, 1.54) is 11.1 Å². The molecule has 32 heavy (non-hydrogen) atoms. The van der Waals surface area contributed by atoms with Gasteiger partial charge >= 0.3 is 0 Å². The molecule has 1 atom stereocenters. The normalized spacial score (nSPS) is 20.0. The standard InChI is InChI=1S/C26H34N4O2/c1-20-6-8-21(9-7-20)18-30-19-24(15-25(30)31)26(32)27-16-22-4-3-5-23(14-22)17-29-12-10-28(2)11-13-29/h3-9,14,24H,10-13,15-19H2,1-2H3,(H,27,32). The van der Waals surface area contributed by atoms with Crippen molar-refractivity contribution in [3.63, 3.8) is 0 Å². The number of likely N-dealkylation sites (N-methyl/N-ethyl adjacent to an activating group) is 1. The van der Waals surface area contributed by atoms with Gasteiger partial charge in [-0.2, -0.15) is 0 Å². The lowest BCUT2D eigenvalue weighted by atomic mass is 10.1. The van der Waals surface area contributed by atoms with Gasteiger partial charge in [-0.15, -0.1) is 0 Å². The molecule has 2 aliphatic rings. The van der Waals surface area contributed by atoms with Crippen molar-refractivity contribution < 1.29 is 9.59 Å². The summed E-state index contributed by atoms with van der Waals surface area (Å²) < 4.78 is 0. The molecule has 2 saturated heterocycles. The summed E-state index contributed by atoms with van der Waals surface area (Å²) in [6, 6.07) is 16.7. The fourth-order valence-electron chi connectivity index (χ4n) is 4.45. The van der Waals surface area contributed by atoms with Crippen molar-refractivity contribution in [3.8, 4) is 0 Å². The van der Waals surface area contributed by atoms with Gasteiger partial charge in [-0.25, -0.2) is 0 Å². The van der Waals surface area contributed by atoms with Gasteiger partial charge in [-0.05, 0) is 30.7 Å². The molecule has 0 aliphatic carbocycles. The molecule has 6 heteroatoms. The molecule has 6 nitrogen and oxygen atoms in total. The van der Waals surface area contributed by atoms with E-state index >= 15 is 0 Å². The number of carbonyl (C=O) groups is 2. The Kier molecular flexibility index (Phi) is 7.22. The highest BCUT2D eigenvalue weighted by molar-refractivity contribution is 5.89. The van der Waals surface area contributed by atoms with Gasteiger partial charge in [0.25, 0.3) is 0 Å². The second-order valence-corrected chi connectivity index (χ2v) is 9.28. The molecule has 0 saturated carbocycles. The van der Waals surface area contributed by atoms with Crippen molar-refractivity contribution in [1.29, 1.82) is 0 Å².